The predicted molar refractivity (Wildman–Crippen MR) is 84.8 cm³/mol. The van der Waals surface area contributed by atoms with Gasteiger partial charge in [-0.25, -0.2) is 0 Å². The highest BCUT2D eigenvalue weighted by molar-refractivity contribution is 7.10. The third-order valence-electron chi connectivity index (χ3n) is 3.31. The van der Waals surface area contributed by atoms with E-state index in [-0.39, 0.29) is 17.5 Å². The first-order valence-corrected chi connectivity index (χ1v) is 7.49. The number of hydrogen-bond donors (Lipinski definition) is 2. The molecule has 0 saturated carbocycles. The molecule has 4 nitrogen and oxygen atoms in total. The number of carbonyl (C=O) groups is 1. The zero-order valence-electron chi connectivity index (χ0n) is 11.4. The lowest BCUT2D eigenvalue weighted by Gasteiger charge is -2.13. The molecule has 2 N–H and O–H groups in total. The Morgan fingerprint density at radius 3 is 2.81 bits per heavy atom. The van der Waals surface area contributed by atoms with Crippen molar-refractivity contribution in [2.45, 2.75) is 13.0 Å². The van der Waals surface area contributed by atoms with Gasteiger partial charge in [-0.1, -0.05) is 24.3 Å². The predicted octanol–water partition coefficient (Wildman–Crippen LogP) is 3.08. The highest BCUT2D eigenvalue weighted by atomic mass is 32.1. The lowest BCUT2D eigenvalue weighted by atomic mass is 10.1. The molecule has 106 valence electrons. The largest absolute Gasteiger partial charge is 0.345 e. The fourth-order valence-electron chi connectivity index (χ4n) is 2.28. The average molecular weight is 298 g/mol. The quantitative estimate of drug-likeness (QED) is 0.780. The zero-order chi connectivity index (χ0) is 14.8. The molecule has 0 aliphatic rings. The van der Waals surface area contributed by atoms with Crippen molar-refractivity contribution in [3.05, 3.63) is 68.6 Å². The number of thiophene rings is 1. The minimum Gasteiger partial charge on any atom is -0.345 e. The van der Waals surface area contributed by atoms with Crippen molar-refractivity contribution in [3.63, 3.8) is 0 Å². The fraction of sp³-hybridized carbons (Fsp3) is 0.125. The van der Waals surface area contributed by atoms with Gasteiger partial charge in [0.1, 0.15) is 0 Å². The van der Waals surface area contributed by atoms with Crippen molar-refractivity contribution in [1.29, 1.82) is 0 Å². The Morgan fingerprint density at radius 1 is 1.24 bits per heavy atom. The maximum atomic E-state index is 12.5. The van der Waals surface area contributed by atoms with Crippen molar-refractivity contribution >= 4 is 28.1 Å². The van der Waals surface area contributed by atoms with Crippen molar-refractivity contribution in [3.8, 4) is 0 Å². The maximum absolute atomic E-state index is 12.5. The Labute approximate surface area is 125 Å². The number of rotatable bonds is 3. The molecule has 1 aromatic carbocycles. The van der Waals surface area contributed by atoms with Gasteiger partial charge in [-0.15, -0.1) is 11.3 Å². The van der Waals surface area contributed by atoms with Crippen LogP contribution in [0.15, 0.2) is 52.6 Å². The molecule has 3 rings (SSSR count). The van der Waals surface area contributed by atoms with Crippen molar-refractivity contribution in [2.75, 3.05) is 0 Å². The van der Waals surface area contributed by atoms with E-state index in [4.69, 9.17) is 0 Å². The molecule has 21 heavy (non-hydrogen) atoms. The number of nitrogens with one attached hydrogen (secondary N) is 2. The van der Waals surface area contributed by atoms with Gasteiger partial charge in [0.2, 0.25) is 5.56 Å². The number of aromatic nitrogens is 1. The first kappa shape index (κ1) is 13.6. The van der Waals surface area contributed by atoms with Crippen LogP contribution in [0.3, 0.4) is 0 Å². The average Bonchev–Trinajstić information content (AvgIpc) is 3.00. The number of fused-ring (bicyclic) bond motifs is 1. The van der Waals surface area contributed by atoms with Gasteiger partial charge < -0.3 is 10.3 Å². The first-order valence-electron chi connectivity index (χ1n) is 6.61. The SMILES string of the molecule is C[C@@H](NC(=O)c1cc(=O)[nH]c2ccccc12)c1cccs1. The van der Waals surface area contributed by atoms with Gasteiger partial charge in [0, 0.05) is 21.8 Å². The van der Waals surface area contributed by atoms with E-state index in [1.165, 1.54) is 6.07 Å². The minimum atomic E-state index is -0.275. The minimum absolute atomic E-state index is 0.0875. The lowest BCUT2D eigenvalue weighted by molar-refractivity contribution is 0.0942. The molecular formula is C16H14N2O2S. The molecule has 0 aliphatic heterocycles. The van der Waals surface area contributed by atoms with Crippen LogP contribution < -0.4 is 10.9 Å². The zero-order valence-corrected chi connectivity index (χ0v) is 12.2. The molecule has 0 unspecified atom stereocenters. The van der Waals surface area contributed by atoms with E-state index in [9.17, 15) is 9.59 Å². The van der Waals surface area contributed by atoms with Crippen LogP contribution in [0.25, 0.3) is 10.9 Å². The second kappa shape index (κ2) is 5.54. The normalized spacial score (nSPS) is 12.2. The van der Waals surface area contributed by atoms with Crippen LogP contribution in [0, 0.1) is 0 Å². The Bertz CT molecular complexity index is 837. The number of amides is 1. The van der Waals surface area contributed by atoms with Crippen molar-refractivity contribution in [1.82, 2.24) is 10.3 Å². The van der Waals surface area contributed by atoms with Gasteiger partial charge in [0.05, 0.1) is 11.6 Å². The molecule has 3 aromatic rings. The topological polar surface area (TPSA) is 62.0 Å². The van der Waals surface area contributed by atoms with Gasteiger partial charge in [-0.05, 0) is 24.4 Å². The van der Waals surface area contributed by atoms with Crippen LogP contribution in [-0.2, 0) is 0 Å². The second-order valence-corrected chi connectivity index (χ2v) is 5.78. The number of aromatic amines is 1. The summed E-state index contributed by atoms with van der Waals surface area (Å²) in [5.41, 5.74) is 0.791. The monoisotopic (exact) mass is 298 g/mol. The number of H-pyrrole nitrogens is 1. The van der Waals surface area contributed by atoms with Crippen LogP contribution >= 0.6 is 11.3 Å². The summed E-state index contributed by atoms with van der Waals surface area (Å²) in [5, 5.41) is 5.65. The molecule has 1 amide bonds. The smallest absolute Gasteiger partial charge is 0.252 e. The van der Waals surface area contributed by atoms with Crippen molar-refractivity contribution < 1.29 is 4.79 Å². The summed E-state index contributed by atoms with van der Waals surface area (Å²) < 4.78 is 0. The Kier molecular flexibility index (Phi) is 3.58. The molecule has 0 spiro atoms. The number of hydrogen-bond acceptors (Lipinski definition) is 3. The number of benzene rings is 1. The van der Waals surface area contributed by atoms with Crippen LogP contribution in [0.4, 0.5) is 0 Å². The molecule has 0 bridgehead atoms. The molecule has 2 aromatic heterocycles. The summed E-state index contributed by atoms with van der Waals surface area (Å²) in [7, 11) is 0. The van der Waals surface area contributed by atoms with Crippen LogP contribution in [-0.4, -0.2) is 10.9 Å². The van der Waals surface area contributed by atoms with Crippen molar-refractivity contribution in [2.24, 2.45) is 0 Å². The highest BCUT2D eigenvalue weighted by Gasteiger charge is 2.15. The molecule has 0 fully saturated rings. The Balaban J connectivity index is 1.96. The van der Waals surface area contributed by atoms with E-state index >= 15 is 0 Å². The van der Waals surface area contributed by atoms with E-state index < -0.39 is 0 Å². The van der Waals surface area contributed by atoms with Gasteiger partial charge in [0.25, 0.3) is 5.91 Å². The molecule has 2 heterocycles. The van der Waals surface area contributed by atoms with Gasteiger partial charge in [-0.2, -0.15) is 0 Å². The molecule has 5 heteroatoms. The Morgan fingerprint density at radius 2 is 2.05 bits per heavy atom. The fourth-order valence-corrected chi connectivity index (χ4v) is 3.01. The van der Waals surface area contributed by atoms with E-state index in [2.05, 4.69) is 10.3 Å². The van der Waals surface area contributed by atoms with E-state index in [1.54, 1.807) is 17.4 Å². The number of carbonyl (C=O) groups excluding carboxylic acids is 1. The molecule has 1 atom stereocenters. The molecular weight excluding hydrogens is 284 g/mol. The summed E-state index contributed by atoms with van der Waals surface area (Å²) in [6, 6.07) is 12.5. The highest BCUT2D eigenvalue weighted by Crippen LogP contribution is 2.20. The van der Waals surface area contributed by atoms with Gasteiger partial charge in [-0.3, -0.25) is 9.59 Å². The molecule has 0 saturated heterocycles. The first-order chi connectivity index (χ1) is 10.1. The Hall–Kier alpha value is -2.40. The third-order valence-corrected chi connectivity index (χ3v) is 4.37. The van der Waals surface area contributed by atoms with Crippen LogP contribution in [0.2, 0.25) is 0 Å². The summed E-state index contributed by atoms with van der Waals surface area (Å²) in [6.45, 7) is 1.93. The summed E-state index contributed by atoms with van der Waals surface area (Å²) in [4.78, 5) is 28.0. The maximum Gasteiger partial charge on any atom is 0.252 e. The second-order valence-electron chi connectivity index (χ2n) is 4.80. The van der Waals surface area contributed by atoms with Gasteiger partial charge >= 0.3 is 0 Å². The van der Waals surface area contributed by atoms with Crippen LogP contribution in [0.1, 0.15) is 28.2 Å². The molecule has 0 radical (unpaired) electrons. The van der Waals surface area contributed by atoms with E-state index in [1.807, 2.05) is 42.6 Å². The van der Waals surface area contributed by atoms with E-state index in [0.717, 1.165) is 10.3 Å². The molecule has 0 aliphatic carbocycles. The number of para-hydroxylation sites is 1. The lowest BCUT2D eigenvalue weighted by Crippen LogP contribution is -2.27. The third kappa shape index (κ3) is 2.73. The summed E-state index contributed by atoms with van der Waals surface area (Å²) >= 11 is 1.59. The summed E-state index contributed by atoms with van der Waals surface area (Å²) in [6.07, 6.45) is 0. The standard InChI is InChI=1S/C16H14N2O2S/c1-10(14-7-4-8-21-14)17-16(20)12-9-15(19)18-13-6-3-2-5-11(12)13/h2-10H,1H3,(H,17,20)(H,18,19)/t10-/m1/s1. The number of pyridine rings is 1. The summed E-state index contributed by atoms with van der Waals surface area (Å²) in [5.74, 6) is -0.238. The van der Waals surface area contributed by atoms with E-state index in [0.29, 0.717) is 11.1 Å². The van der Waals surface area contributed by atoms with Gasteiger partial charge in [0.15, 0.2) is 0 Å². The van der Waals surface area contributed by atoms with Crippen LogP contribution in [0.5, 0.6) is 0 Å².